The number of nitrogens with one attached hydrogen (secondary N) is 1. The van der Waals surface area contributed by atoms with E-state index in [1.807, 2.05) is 52.7 Å². The van der Waals surface area contributed by atoms with E-state index >= 15 is 0 Å². The second-order valence-electron chi connectivity index (χ2n) is 5.94. The predicted molar refractivity (Wildman–Crippen MR) is 101 cm³/mol. The first-order valence-electron chi connectivity index (χ1n) is 8.28. The lowest BCUT2D eigenvalue weighted by molar-refractivity contribution is -0.689. The fourth-order valence-electron chi connectivity index (χ4n) is 2.90. The van der Waals surface area contributed by atoms with Gasteiger partial charge in [0.05, 0.1) is 5.39 Å². The summed E-state index contributed by atoms with van der Waals surface area (Å²) in [7, 11) is 0. The van der Waals surface area contributed by atoms with Crippen molar-refractivity contribution >= 4 is 21.6 Å². The van der Waals surface area contributed by atoms with Gasteiger partial charge in [-0.25, -0.2) is 4.98 Å². The summed E-state index contributed by atoms with van der Waals surface area (Å²) in [6.07, 6.45) is 5.05. The number of benzene rings is 1. The van der Waals surface area contributed by atoms with Gasteiger partial charge in [-0.2, -0.15) is 4.57 Å². The molecule has 0 saturated carbocycles. The van der Waals surface area contributed by atoms with Crippen LogP contribution >= 0.6 is 11.3 Å². The molecule has 0 atom stereocenters. The van der Waals surface area contributed by atoms with Crippen molar-refractivity contribution in [2.45, 2.75) is 19.9 Å². The highest BCUT2D eigenvalue weighted by Crippen LogP contribution is 2.30. The third-order valence-electron chi connectivity index (χ3n) is 4.28. The minimum atomic E-state index is -0.0779. The van der Waals surface area contributed by atoms with Crippen LogP contribution in [0, 0.1) is 0 Å². The van der Waals surface area contributed by atoms with E-state index < -0.39 is 0 Å². The van der Waals surface area contributed by atoms with Crippen molar-refractivity contribution in [2.75, 3.05) is 0 Å². The van der Waals surface area contributed by atoms with Crippen molar-refractivity contribution in [3.63, 3.8) is 0 Å². The van der Waals surface area contributed by atoms with Crippen LogP contribution in [0.5, 0.6) is 0 Å². The summed E-state index contributed by atoms with van der Waals surface area (Å²) in [6, 6.07) is 14.1. The van der Waals surface area contributed by atoms with Gasteiger partial charge in [-0.05, 0) is 17.5 Å². The lowest BCUT2D eigenvalue weighted by atomic mass is 10.1. The molecule has 5 heteroatoms. The summed E-state index contributed by atoms with van der Waals surface area (Å²) in [5, 5.41) is 2.68. The average molecular weight is 348 g/mol. The Balaban J connectivity index is 1.72. The Hall–Kier alpha value is -2.79. The molecule has 0 aliphatic heterocycles. The van der Waals surface area contributed by atoms with Crippen molar-refractivity contribution in [2.24, 2.45) is 0 Å². The number of nitrogens with zero attached hydrogens (tertiary/aromatic N) is 2. The number of pyridine rings is 1. The Kier molecular flexibility index (Phi) is 4.15. The Morgan fingerprint density at radius 3 is 2.60 bits per heavy atom. The van der Waals surface area contributed by atoms with Gasteiger partial charge in [0.25, 0.3) is 5.56 Å². The zero-order valence-electron chi connectivity index (χ0n) is 13.9. The molecule has 4 nitrogen and oxygen atoms in total. The normalized spacial score (nSPS) is 11.1. The molecule has 0 radical (unpaired) electrons. The fourth-order valence-corrected chi connectivity index (χ4v) is 3.87. The molecule has 0 aliphatic rings. The number of aromatic nitrogens is 3. The third-order valence-corrected chi connectivity index (χ3v) is 5.15. The first-order chi connectivity index (χ1) is 12.2. The highest BCUT2D eigenvalue weighted by Gasteiger charge is 2.14. The standard InChI is InChI=1S/C20H17N3OS/c1-2-14-8-10-23(11-9-14)12-17-21-19(24)18-16(13-25-20(18)22-17)15-6-4-3-5-7-15/h3-11,13H,2,12H2,1H3/p+1. The molecule has 3 heterocycles. The van der Waals surface area contributed by atoms with Gasteiger partial charge in [0.1, 0.15) is 4.83 Å². The smallest absolute Gasteiger partial charge is 0.260 e. The summed E-state index contributed by atoms with van der Waals surface area (Å²) < 4.78 is 2.02. The van der Waals surface area contributed by atoms with Gasteiger partial charge in [-0.3, -0.25) is 4.79 Å². The lowest BCUT2D eigenvalue weighted by Crippen LogP contribution is -2.35. The van der Waals surface area contributed by atoms with E-state index in [2.05, 4.69) is 29.0 Å². The summed E-state index contributed by atoms with van der Waals surface area (Å²) in [4.78, 5) is 21.0. The average Bonchev–Trinajstić information content (AvgIpc) is 3.08. The van der Waals surface area contributed by atoms with E-state index in [1.54, 1.807) is 0 Å². The molecular weight excluding hydrogens is 330 g/mol. The maximum Gasteiger partial charge on any atom is 0.260 e. The van der Waals surface area contributed by atoms with Gasteiger partial charge >= 0.3 is 0 Å². The maximum atomic E-state index is 12.6. The Bertz CT molecular complexity index is 1070. The monoisotopic (exact) mass is 348 g/mol. The van der Waals surface area contributed by atoms with Crippen molar-refractivity contribution in [3.8, 4) is 11.1 Å². The number of fused-ring (bicyclic) bond motifs is 1. The van der Waals surface area contributed by atoms with Crippen LogP contribution in [0.25, 0.3) is 21.3 Å². The Morgan fingerprint density at radius 1 is 1.12 bits per heavy atom. The third kappa shape index (κ3) is 3.10. The molecule has 0 spiro atoms. The Labute approximate surface area is 149 Å². The first kappa shape index (κ1) is 15.7. The van der Waals surface area contributed by atoms with Crippen LogP contribution < -0.4 is 10.1 Å². The zero-order valence-corrected chi connectivity index (χ0v) is 14.7. The predicted octanol–water partition coefficient (Wildman–Crippen LogP) is 3.55. The molecule has 1 N–H and O–H groups in total. The number of hydrogen-bond acceptors (Lipinski definition) is 3. The highest BCUT2D eigenvalue weighted by atomic mass is 32.1. The number of hydrogen-bond donors (Lipinski definition) is 1. The molecule has 3 aromatic heterocycles. The van der Waals surface area contributed by atoms with Gasteiger partial charge in [-0.1, -0.05) is 37.3 Å². The van der Waals surface area contributed by atoms with Gasteiger partial charge in [0.2, 0.25) is 6.54 Å². The molecule has 4 rings (SSSR count). The van der Waals surface area contributed by atoms with Crippen LogP contribution in [-0.2, 0) is 13.0 Å². The van der Waals surface area contributed by atoms with Crippen LogP contribution in [-0.4, -0.2) is 9.97 Å². The molecule has 0 fully saturated rings. The van der Waals surface area contributed by atoms with Crippen molar-refractivity contribution in [1.82, 2.24) is 9.97 Å². The van der Waals surface area contributed by atoms with E-state index in [1.165, 1.54) is 16.9 Å². The summed E-state index contributed by atoms with van der Waals surface area (Å²) in [6.45, 7) is 2.68. The van der Waals surface area contributed by atoms with E-state index in [9.17, 15) is 4.79 Å². The van der Waals surface area contributed by atoms with E-state index in [4.69, 9.17) is 0 Å². The van der Waals surface area contributed by atoms with Crippen LogP contribution in [0.1, 0.15) is 18.3 Å². The van der Waals surface area contributed by atoms with Gasteiger partial charge < -0.3 is 4.98 Å². The lowest BCUT2D eigenvalue weighted by Gasteiger charge is -2.01. The minimum absolute atomic E-state index is 0.0779. The number of rotatable bonds is 4. The molecular formula is C20H18N3OS+. The van der Waals surface area contributed by atoms with Gasteiger partial charge in [-0.15, -0.1) is 11.3 Å². The SMILES string of the molecule is CCc1cc[n+](Cc2nc3scc(-c4ccccc4)c3c(=O)[nH]2)cc1. The first-order valence-corrected chi connectivity index (χ1v) is 9.16. The summed E-state index contributed by atoms with van der Waals surface area (Å²) >= 11 is 1.51. The number of thiophene rings is 1. The number of aryl methyl sites for hydroxylation is 1. The molecule has 0 unspecified atom stereocenters. The largest absolute Gasteiger partial charge is 0.305 e. The summed E-state index contributed by atoms with van der Waals surface area (Å²) in [5.74, 6) is 0.674. The van der Waals surface area contributed by atoms with Gasteiger partial charge in [0, 0.05) is 23.1 Å². The van der Waals surface area contributed by atoms with Crippen LogP contribution in [0.15, 0.2) is 65.0 Å². The summed E-state index contributed by atoms with van der Waals surface area (Å²) in [5.41, 5.74) is 3.20. The quantitative estimate of drug-likeness (QED) is 0.574. The molecule has 0 bridgehead atoms. The zero-order chi connectivity index (χ0) is 17.2. The number of H-pyrrole nitrogens is 1. The molecule has 0 saturated heterocycles. The van der Waals surface area contributed by atoms with Crippen LogP contribution in [0.2, 0.25) is 0 Å². The maximum absolute atomic E-state index is 12.6. The second-order valence-corrected chi connectivity index (χ2v) is 6.80. The molecule has 124 valence electrons. The second kappa shape index (κ2) is 6.61. The van der Waals surface area contributed by atoms with E-state index in [0.29, 0.717) is 17.8 Å². The van der Waals surface area contributed by atoms with Crippen molar-refractivity contribution in [3.05, 3.63) is 82.0 Å². The van der Waals surface area contributed by atoms with Crippen LogP contribution in [0.4, 0.5) is 0 Å². The molecule has 1 aromatic carbocycles. The minimum Gasteiger partial charge on any atom is -0.305 e. The molecule has 0 aliphatic carbocycles. The topological polar surface area (TPSA) is 49.6 Å². The van der Waals surface area contributed by atoms with Gasteiger partial charge in [0.15, 0.2) is 18.2 Å². The fraction of sp³-hybridized carbons (Fsp3) is 0.150. The Morgan fingerprint density at radius 2 is 1.88 bits per heavy atom. The molecule has 0 amide bonds. The van der Waals surface area contributed by atoms with Crippen molar-refractivity contribution in [1.29, 1.82) is 0 Å². The van der Waals surface area contributed by atoms with Crippen LogP contribution in [0.3, 0.4) is 0 Å². The van der Waals surface area contributed by atoms with E-state index in [0.717, 1.165) is 22.4 Å². The molecule has 4 aromatic rings. The van der Waals surface area contributed by atoms with E-state index in [-0.39, 0.29) is 5.56 Å². The molecule has 25 heavy (non-hydrogen) atoms. The number of aromatic amines is 1. The van der Waals surface area contributed by atoms with Crippen molar-refractivity contribution < 1.29 is 4.57 Å². The highest BCUT2D eigenvalue weighted by molar-refractivity contribution is 7.17.